The third kappa shape index (κ3) is 3.11. The van der Waals surface area contributed by atoms with Gasteiger partial charge in [-0.15, -0.1) is 0 Å². The molecule has 0 fully saturated rings. The Morgan fingerprint density at radius 3 is 2.58 bits per heavy atom. The molecule has 19 heavy (non-hydrogen) atoms. The van der Waals surface area contributed by atoms with E-state index in [2.05, 4.69) is 15.9 Å². The van der Waals surface area contributed by atoms with E-state index in [1.165, 1.54) is 6.07 Å². The zero-order chi connectivity index (χ0) is 14.0. The molecular weight excluding hydrogens is 337 g/mol. The summed E-state index contributed by atoms with van der Waals surface area (Å²) in [4.78, 5) is 0. The molecule has 0 aliphatic heterocycles. The maximum Gasteiger partial charge on any atom is 0.153 e. The predicted octanol–water partition coefficient (Wildman–Crippen LogP) is 4.62. The van der Waals surface area contributed by atoms with Crippen molar-refractivity contribution in [2.45, 2.75) is 0 Å². The number of ether oxygens (including phenoxy) is 2. The summed E-state index contributed by atoms with van der Waals surface area (Å²) >= 11 is 8.96. The highest BCUT2D eigenvalue weighted by molar-refractivity contribution is 9.10. The van der Waals surface area contributed by atoms with Crippen LogP contribution in [0.4, 0.5) is 10.1 Å². The van der Waals surface area contributed by atoms with Crippen molar-refractivity contribution in [2.24, 2.45) is 0 Å². The summed E-state index contributed by atoms with van der Waals surface area (Å²) in [6.45, 7) is 0. The van der Waals surface area contributed by atoms with Gasteiger partial charge in [0, 0.05) is 6.07 Å². The quantitative estimate of drug-likeness (QED) is 0.824. The fraction of sp³-hybridized carbons (Fsp3) is 0.0769. The SMILES string of the molecule is COc1ccc(Oc2cc(F)c(Cl)cc2N)c(Br)c1. The van der Waals surface area contributed by atoms with Crippen molar-refractivity contribution in [3.63, 3.8) is 0 Å². The van der Waals surface area contributed by atoms with E-state index in [9.17, 15) is 4.39 Å². The first-order chi connectivity index (χ1) is 9.01. The summed E-state index contributed by atoms with van der Waals surface area (Å²) in [6, 6.07) is 7.60. The van der Waals surface area contributed by atoms with Crippen molar-refractivity contribution in [2.75, 3.05) is 12.8 Å². The number of hydrogen-bond acceptors (Lipinski definition) is 3. The Balaban J connectivity index is 2.33. The second-order valence-corrected chi connectivity index (χ2v) is 4.96. The molecule has 100 valence electrons. The molecule has 0 radical (unpaired) electrons. The molecule has 2 aromatic carbocycles. The Morgan fingerprint density at radius 1 is 1.21 bits per heavy atom. The lowest BCUT2D eigenvalue weighted by atomic mass is 10.3. The van der Waals surface area contributed by atoms with Crippen LogP contribution >= 0.6 is 27.5 Å². The molecule has 0 aromatic heterocycles. The first-order valence-corrected chi connectivity index (χ1v) is 6.44. The van der Waals surface area contributed by atoms with E-state index in [0.717, 1.165) is 6.07 Å². The first-order valence-electron chi connectivity index (χ1n) is 5.27. The van der Waals surface area contributed by atoms with Gasteiger partial charge in [0.05, 0.1) is 22.3 Å². The van der Waals surface area contributed by atoms with E-state index < -0.39 is 5.82 Å². The lowest BCUT2D eigenvalue weighted by Crippen LogP contribution is -1.94. The molecule has 0 aliphatic rings. The number of methoxy groups -OCH3 is 1. The summed E-state index contributed by atoms with van der Waals surface area (Å²) in [5.74, 6) is 0.784. The fourth-order valence-corrected chi connectivity index (χ4v) is 2.05. The van der Waals surface area contributed by atoms with Crippen LogP contribution in [0, 0.1) is 5.82 Å². The molecule has 3 nitrogen and oxygen atoms in total. The Morgan fingerprint density at radius 2 is 1.95 bits per heavy atom. The summed E-state index contributed by atoms with van der Waals surface area (Å²) in [5, 5.41) is -0.0429. The van der Waals surface area contributed by atoms with E-state index in [1.54, 1.807) is 25.3 Å². The minimum Gasteiger partial charge on any atom is -0.497 e. The Kier molecular flexibility index (Phi) is 4.17. The van der Waals surface area contributed by atoms with Gasteiger partial charge >= 0.3 is 0 Å². The largest absolute Gasteiger partial charge is 0.497 e. The lowest BCUT2D eigenvalue weighted by molar-refractivity contribution is 0.412. The molecule has 2 aromatic rings. The van der Waals surface area contributed by atoms with E-state index in [-0.39, 0.29) is 16.5 Å². The number of anilines is 1. The van der Waals surface area contributed by atoms with E-state index >= 15 is 0 Å². The molecule has 0 spiro atoms. The standard InChI is InChI=1S/C13H10BrClFNO2/c1-18-7-2-3-12(8(14)4-7)19-13-6-10(16)9(15)5-11(13)17/h2-6H,17H2,1H3. The van der Waals surface area contributed by atoms with Gasteiger partial charge in [0.1, 0.15) is 17.3 Å². The van der Waals surface area contributed by atoms with Gasteiger partial charge < -0.3 is 15.2 Å². The van der Waals surface area contributed by atoms with Gasteiger partial charge in [0.15, 0.2) is 5.75 Å². The molecule has 0 saturated carbocycles. The van der Waals surface area contributed by atoms with Crippen LogP contribution in [0.1, 0.15) is 0 Å². The van der Waals surface area contributed by atoms with Crippen molar-refractivity contribution in [1.82, 2.24) is 0 Å². The molecule has 2 N–H and O–H groups in total. The molecular formula is C13H10BrClFNO2. The molecule has 0 saturated heterocycles. The number of rotatable bonds is 3. The van der Waals surface area contributed by atoms with Gasteiger partial charge in [-0.3, -0.25) is 0 Å². The highest BCUT2D eigenvalue weighted by Gasteiger charge is 2.10. The van der Waals surface area contributed by atoms with Crippen LogP contribution in [0.5, 0.6) is 17.2 Å². The van der Waals surface area contributed by atoms with Gasteiger partial charge in [-0.05, 0) is 40.2 Å². The van der Waals surface area contributed by atoms with E-state index in [0.29, 0.717) is 16.0 Å². The smallest absolute Gasteiger partial charge is 0.153 e. The van der Waals surface area contributed by atoms with Crippen molar-refractivity contribution in [3.8, 4) is 17.2 Å². The highest BCUT2D eigenvalue weighted by atomic mass is 79.9. The van der Waals surface area contributed by atoms with Crippen LogP contribution in [0.15, 0.2) is 34.8 Å². The molecule has 6 heteroatoms. The van der Waals surface area contributed by atoms with Crippen LogP contribution in [-0.4, -0.2) is 7.11 Å². The average molecular weight is 347 g/mol. The van der Waals surface area contributed by atoms with Crippen molar-refractivity contribution >= 4 is 33.2 Å². The second-order valence-electron chi connectivity index (χ2n) is 3.70. The first kappa shape index (κ1) is 14.0. The normalized spacial score (nSPS) is 10.3. The molecule has 0 atom stereocenters. The molecule has 0 aliphatic carbocycles. The summed E-state index contributed by atoms with van der Waals surface area (Å²) in [5.41, 5.74) is 5.99. The number of nitrogens with two attached hydrogens (primary N) is 1. The Bertz CT molecular complexity index is 622. The van der Waals surface area contributed by atoms with Gasteiger partial charge in [0.25, 0.3) is 0 Å². The Hall–Kier alpha value is -1.46. The highest BCUT2D eigenvalue weighted by Crippen LogP contribution is 2.36. The van der Waals surface area contributed by atoms with Crippen molar-refractivity contribution < 1.29 is 13.9 Å². The molecule has 0 heterocycles. The molecule has 0 amide bonds. The zero-order valence-corrected chi connectivity index (χ0v) is 12.3. The maximum absolute atomic E-state index is 13.4. The zero-order valence-electron chi connectivity index (χ0n) is 9.91. The van der Waals surface area contributed by atoms with Gasteiger partial charge in [-0.1, -0.05) is 11.6 Å². The fourth-order valence-electron chi connectivity index (χ4n) is 1.44. The van der Waals surface area contributed by atoms with Gasteiger partial charge in [-0.2, -0.15) is 0 Å². The van der Waals surface area contributed by atoms with E-state index in [1.807, 2.05) is 0 Å². The summed E-state index contributed by atoms with van der Waals surface area (Å²) < 4.78 is 24.7. The van der Waals surface area contributed by atoms with Crippen molar-refractivity contribution in [1.29, 1.82) is 0 Å². The van der Waals surface area contributed by atoms with Crippen LogP contribution < -0.4 is 15.2 Å². The van der Waals surface area contributed by atoms with Gasteiger partial charge in [0.2, 0.25) is 0 Å². The third-order valence-corrected chi connectivity index (χ3v) is 3.32. The monoisotopic (exact) mass is 345 g/mol. The number of halogens is 3. The van der Waals surface area contributed by atoms with Gasteiger partial charge in [-0.25, -0.2) is 4.39 Å². The number of nitrogen functional groups attached to an aromatic ring is 1. The van der Waals surface area contributed by atoms with Crippen molar-refractivity contribution in [3.05, 3.63) is 45.6 Å². The van der Waals surface area contributed by atoms with Crippen LogP contribution in [0.3, 0.4) is 0 Å². The van der Waals surface area contributed by atoms with E-state index in [4.69, 9.17) is 26.8 Å². The molecule has 2 rings (SSSR count). The number of benzene rings is 2. The lowest BCUT2D eigenvalue weighted by Gasteiger charge is -2.11. The van der Waals surface area contributed by atoms with Crippen LogP contribution in [0.2, 0.25) is 5.02 Å². The van der Waals surface area contributed by atoms with Crippen LogP contribution in [0.25, 0.3) is 0 Å². The van der Waals surface area contributed by atoms with Crippen LogP contribution in [-0.2, 0) is 0 Å². The number of hydrogen-bond donors (Lipinski definition) is 1. The minimum atomic E-state index is -0.587. The maximum atomic E-state index is 13.4. The second kappa shape index (κ2) is 5.67. The average Bonchev–Trinajstić information content (AvgIpc) is 2.38. The predicted molar refractivity (Wildman–Crippen MR) is 76.6 cm³/mol. The molecule has 0 bridgehead atoms. The third-order valence-electron chi connectivity index (χ3n) is 2.41. The molecule has 0 unspecified atom stereocenters. The Labute approximate surface area is 123 Å². The summed E-state index contributed by atoms with van der Waals surface area (Å²) in [7, 11) is 1.56. The minimum absolute atomic E-state index is 0.0429. The topological polar surface area (TPSA) is 44.5 Å². The summed E-state index contributed by atoms with van der Waals surface area (Å²) in [6.07, 6.45) is 0.